The molecule has 9 heteroatoms. The predicted octanol–water partition coefficient (Wildman–Crippen LogP) is 2.71. The van der Waals surface area contributed by atoms with Gasteiger partial charge in [0, 0.05) is 24.8 Å². The molecular weight excluding hydrogens is 394 g/mol. The molecule has 2 aromatic rings. The molecule has 0 aromatic heterocycles. The number of nitrogens with one attached hydrogen (secondary N) is 2. The summed E-state index contributed by atoms with van der Waals surface area (Å²) in [5.74, 6) is -0.500. The summed E-state index contributed by atoms with van der Waals surface area (Å²) in [5, 5.41) is 6.18. The van der Waals surface area contributed by atoms with Crippen molar-refractivity contribution in [3.05, 3.63) is 54.1 Å². The molecule has 1 aliphatic rings. The van der Waals surface area contributed by atoms with Crippen molar-refractivity contribution in [2.45, 2.75) is 25.5 Å². The summed E-state index contributed by atoms with van der Waals surface area (Å²) >= 11 is 0. The maximum atomic E-state index is 12.8. The van der Waals surface area contributed by atoms with E-state index in [-0.39, 0.29) is 30.2 Å². The van der Waals surface area contributed by atoms with Crippen LogP contribution < -0.4 is 21.1 Å². The molecule has 7 nitrogen and oxygen atoms in total. The minimum Gasteiger partial charge on any atom is -0.435 e. The van der Waals surface area contributed by atoms with Gasteiger partial charge in [0.25, 0.3) is 5.91 Å². The molecule has 1 fully saturated rings. The van der Waals surface area contributed by atoms with Crippen molar-refractivity contribution < 1.29 is 23.1 Å². The second-order valence-corrected chi connectivity index (χ2v) is 7.06. The van der Waals surface area contributed by atoms with E-state index in [0.29, 0.717) is 30.0 Å². The Labute approximate surface area is 173 Å². The first-order valence-corrected chi connectivity index (χ1v) is 9.63. The van der Waals surface area contributed by atoms with Crippen LogP contribution in [0.5, 0.6) is 5.75 Å². The number of nitrogens with two attached hydrogens (primary N) is 1. The molecule has 4 N–H and O–H groups in total. The zero-order valence-electron chi connectivity index (χ0n) is 16.3. The summed E-state index contributed by atoms with van der Waals surface area (Å²) in [4.78, 5) is 25.8. The third-order valence-electron chi connectivity index (χ3n) is 4.83. The van der Waals surface area contributed by atoms with Gasteiger partial charge in [-0.15, -0.1) is 0 Å². The molecule has 2 aromatic carbocycles. The number of carbonyl (C=O) groups excluding carboxylic acids is 2. The first-order valence-electron chi connectivity index (χ1n) is 9.63. The first kappa shape index (κ1) is 21.5. The number of alkyl halides is 2. The van der Waals surface area contributed by atoms with Gasteiger partial charge in [-0.1, -0.05) is 12.1 Å². The number of para-hydroxylation sites is 1. The Morgan fingerprint density at radius 3 is 2.40 bits per heavy atom. The van der Waals surface area contributed by atoms with Crippen molar-refractivity contribution in [3.63, 3.8) is 0 Å². The number of hydrogen-bond acceptors (Lipinski definition) is 5. The molecule has 0 saturated carbocycles. The molecule has 0 unspecified atom stereocenters. The zero-order valence-corrected chi connectivity index (χ0v) is 16.3. The van der Waals surface area contributed by atoms with E-state index in [1.807, 2.05) is 4.90 Å². The number of carbonyl (C=O) groups is 2. The quantitative estimate of drug-likeness (QED) is 0.613. The summed E-state index contributed by atoms with van der Waals surface area (Å²) < 4.78 is 28.9. The third kappa shape index (κ3) is 6.15. The minimum absolute atomic E-state index is 0.0143. The molecule has 0 atom stereocenters. The highest BCUT2D eigenvalue weighted by atomic mass is 19.3. The fraction of sp³-hybridized carbons (Fsp3) is 0.333. The number of benzene rings is 2. The highest BCUT2D eigenvalue weighted by molar-refractivity contribution is 6.00. The van der Waals surface area contributed by atoms with Crippen molar-refractivity contribution in [1.82, 2.24) is 10.2 Å². The monoisotopic (exact) mass is 418 g/mol. The summed E-state index contributed by atoms with van der Waals surface area (Å²) in [6.45, 7) is -1.26. The van der Waals surface area contributed by atoms with Crippen LogP contribution in [0.3, 0.4) is 0 Å². The van der Waals surface area contributed by atoms with Gasteiger partial charge in [0.05, 0.1) is 17.8 Å². The van der Waals surface area contributed by atoms with Crippen LogP contribution in [0.1, 0.15) is 23.2 Å². The lowest BCUT2D eigenvalue weighted by atomic mass is 10.0. The molecule has 0 aliphatic carbocycles. The van der Waals surface area contributed by atoms with Crippen LogP contribution >= 0.6 is 0 Å². The topological polar surface area (TPSA) is 96.7 Å². The van der Waals surface area contributed by atoms with Crippen molar-refractivity contribution in [1.29, 1.82) is 0 Å². The standard InChI is InChI=1S/C21H24F2N4O3/c22-21(23)30-16-7-5-14(6-8-16)25-18-4-2-1-3-17(18)20(29)26-15-9-11-27(12-10-15)13-19(24)28/h1-8,15,21,25H,9-13H2,(H2,24,28)(H,26,29). The lowest BCUT2D eigenvalue weighted by Crippen LogP contribution is -2.46. The minimum atomic E-state index is -2.88. The second kappa shape index (κ2) is 10.0. The van der Waals surface area contributed by atoms with Crippen molar-refractivity contribution >= 4 is 23.2 Å². The molecular formula is C21H24F2N4O3. The number of ether oxygens (including phenoxy) is 1. The van der Waals surface area contributed by atoms with Gasteiger partial charge < -0.3 is 21.1 Å². The lowest BCUT2D eigenvalue weighted by molar-refractivity contribution is -0.119. The lowest BCUT2D eigenvalue weighted by Gasteiger charge is -2.31. The average Bonchev–Trinajstić information content (AvgIpc) is 2.70. The van der Waals surface area contributed by atoms with Gasteiger partial charge in [0.1, 0.15) is 5.75 Å². The van der Waals surface area contributed by atoms with Crippen molar-refractivity contribution in [2.24, 2.45) is 5.73 Å². The SMILES string of the molecule is NC(=O)CN1CCC(NC(=O)c2ccccc2Nc2ccc(OC(F)F)cc2)CC1. The normalized spacial score (nSPS) is 15.0. The number of anilines is 2. The van der Waals surface area contributed by atoms with E-state index in [4.69, 9.17) is 5.73 Å². The molecule has 30 heavy (non-hydrogen) atoms. The summed E-state index contributed by atoms with van der Waals surface area (Å²) in [6, 6.07) is 13.1. The fourth-order valence-corrected chi connectivity index (χ4v) is 3.38. The molecule has 1 saturated heterocycles. The second-order valence-electron chi connectivity index (χ2n) is 7.06. The number of piperidine rings is 1. The van der Waals surface area contributed by atoms with E-state index in [9.17, 15) is 18.4 Å². The molecule has 0 bridgehead atoms. The number of primary amides is 1. The van der Waals surface area contributed by atoms with Gasteiger partial charge in [-0.2, -0.15) is 8.78 Å². The molecule has 1 heterocycles. The Balaban J connectivity index is 1.61. The Hall–Kier alpha value is -3.20. The molecule has 0 radical (unpaired) electrons. The van der Waals surface area contributed by atoms with E-state index >= 15 is 0 Å². The maximum absolute atomic E-state index is 12.8. The predicted molar refractivity (Wildman–Crippen MR) is 109 cm³/mol. The van der Waals surface area contributed by atoms with Crippen LogP contribution in [0, 0.1) is 0 Å². The summed E-state index contributed by atoms with van der Waals surface area (Å²) in [6.07, 6.45) is 1.47. The van der Waals surface area contributed by atoms with Crippen LogP contribution in [-0.2, 0) is 4.79 Å². The summed E-state index contributed by atoms with van der Waals surface area (Å²) in [5.41, 5.74) is 6.94. The van der Waals surface area contributed by atoms with Crippen LogP contribution in [0.15, 0.2) is 48.5 Å². The highest BCUT2D eigenvalue weighted by Gasteiger charge is 2.22. The molecule has 1 aliphatic heterocycles. The van der Waals surface area contributed by atoms with Crippen LogP contribution in [0.4, 0.5) is 20.2 Å². The van der Waals surface area contributed by atoms with Gasteiger partial charge in [-0.25, -0.2) is 0 Å². The maximum Gasteiger partial charge on any atom is 0.387 e. The smallest absolute Gasteiger partial charge is 0.387 e. The van der Waals surface area contributed by atoms with Gasteiger partial charge >= 0.3 is 6.61 Å². The van der Waals surface area contributed by atoms with Crippen molar-refractivity contribution in [3.8, 4) is 5.75 Å². The number of likely N-dealkylation sites (tertiary alicyclic amines) is 1. The Kier molecular flexibility index (Phi) is 7.18. The Bertz CT molecular complexity index is 869. The van der Waals surface area contributed by atoms with Gasteiger partial charge in [0.2, 0.25) is 5.91 Å². The number of amides is 2. The zero-order chi connectivity index (χ0) is 21.5. The van der Waals surface area contributed by atoms with Gasteiger partial charge in [-0.3, -0.25) is 14.5 Å². The molecule has 0 spiro atoms. The van der Waals surface area contributed by atoms with Gasteiger partial charge in [0.15, 0.2) is 0 Å². The van der Waals surface area contributed by atoms with Crippen molar-refractivity contribution in [2.75, 3.05) is 25.0 Å². The number of halogens is 2. The van der Waals surface area contributed by atoms with E-state index in [2.05, 4.69) is 15.4 Å². The first-order chi connectivity index (χ1) is 14.4. The Morgan fingerprint density at radius 2 is 1.77 bits per heavy atom. The third-order valence-corrected chi connectivity index (χ3v) is 4.83. The Morgan fingerprint density at radius 1 is 1.10 bits per heavy atom. The highest BCUT2D eigenvalue weighted by Crippen LogP contribution is 2.24. The molecule has 3 rings (SSSR count). The number of nitrogens with zero attached hydrogens (tertiary/aromatic N) is 1. The van der Waals surface area contributed by atoms with E-state index < -0.39 is 6.61 Å². The molecule has 2 amide bonds. The van der Waals surface area contributed by atoms with E-state index in [0.717, 1.165) is 12.8 Å². The average molecular weight is 418 g/mol. The van der Waals surface area contributed by atoms with Crippen LogP contribution in [0.2, 0.25) is 0 Å². The number of hydrogen-bond donors (Lipinski definition) is 3. The van der Waals surface area contributed by atoms with Crippen LogP contribution in [-0.4, -0.2) is 49.0 Å². The van der Waals surface area contributed by atoms with Gasteiger partial charge in [-0.05, 0) is 49.2 Å². The van der Waals surface area contributed by atoms with E-state index in [1.54, 1.807) is 36.4 Å². The fourth-order valence-electron chi connectivity index (χ4n) is 3.38. The molecule has 160 valence electrons. The van der Waals surface area contributed by atoms with Crippen LogP contribution in [0.25, 0.3) is 0 Å². The van der Waals surface area contributed by atoms with E-state index in [1.165, 1.54) is 12.1 Å². The largest absolute Gasteiger partial charge is 0.435 e. The summed E-state index contributed by atoms with van der Waals surface area (Å²) in [7, 11) is 0. The number of rotatable bonds is 8.